The van der Waals surface area contributed by atoms with Crippen LogP contribution in [0.3, 0.4) is 0 Å². The summed E-state index contributed by atoms with van der Waals surface area (Å²) >= 11 is 6.04. The van der Waals surface area contributed by atoms with E-state index in [4.69, 9.17) is 11.6 Å². The maximum absolute atomic E-state index is 10.7. The van der Waals surface area contributed by atoms with E-state index in [-0.39, 0.29) is 5.69 Å². The Kier molecular flexibility index (Phi) is 4.71. The van der Waals surface area contributed by atoms with E-state index in [0.717, 1.165) is 11.1 Å². The molecule has 2 aromatic carbocycles. The molecule has 2 aromatic rings. The summed E-state index contributed by atoms with van der Waals surface area (Å²) in [6.45, 7) is 3.23. The third kappa shape index (κ3) is 3.79. The smallest absolute Gasteiger partial charge is 0.269 e. The lowest BCUT2D eigenvalue weighted by Gasteiger charge is -2.07. The zero-order valence-electron chi connectivity index (χ0n) is 11.1. The Balaban J connectivity index is 1.98. The third-order valence-corrected chi connectivity index (χ3v) is 3.37. The summed E-state index contributed by atoms with van der Waals surface area (Å²) in [5.74, 6) is 0. The Morgan fingerprint density at radius 2 is 1.85 bits per heavy atom. The topological polar surface area (TPSA) is 55.2 Å². The maximum Gasteiger partial charge on any atom is 0.269 e. The van der Waals surface area contributed by atoms with Crippen LogP contribution in [0.5, 0.6) is 0 Å². The molecular weight excluding hydrogens is 276 g/mol. The molecule has 0 saturated carbocycles. The van der Waals surface area contributed by atoms with Crippen LogP contribution < -0.4 is 5.32 Å². The summed E-state index contributed by atoms with van der Waals surface area (Å²) in [6, 6.07) is 12.7. The van der Waals surface area contributed by atoms with Crippen LogP contribution in [0.15, 0.2) is 42.5 Å². The van der Waals surface area contributed by atoms with Crippen LogP contribution >= 0.6 is 11.6 Å². The van der Waals surface area contributed by atoms with E-state index < -0.39 is 4.92 Å². The molecule has 20 heavy (non-hydrogen) atoms. The number of benzene rings is 2. The molecule has 0 aliphatic rings. The summed E-state index contributed by atoms with van der Waals surface area (Å²) in [4.78, 5) is 10.3. The molecule has 2 rings (SSSR count). The zero-order chi connectivity index (χ0) is 14.5. The lowest BCUT2D eigenvalue weighted by Crippen LogP contribution is -2.13. The molecule has 104 valence electrons. The van der Waals surface area contributed by atoms with Gasteiger partial charge in [-0.3, -0.25) is 10.1 Å². The van der Waals surface area contributed by atoms with Gasteiger partial charge in [0, 0.05) is 30.2 Å². The van der Waals surface area contributed by atoms with Crippen molar-refractivity contribution in [1.82, 2.24) is 5.32 Å². The summed E-state index contributed by atoms with van der Waals surface area (Å²) in [5, 5.41) is 14.5. The SMILES string of the molecule is Cc1ccc(CNCc2cc([N+](=O)[O-])ccc2Cl)cc1. The van der Waals surface area contributed by atoms with Crippen molar-refractivity contribution < 1.29 is 4.92 Å². The number of rotatable bonds is 5. The normalized spacial score (nSPS) is 10.5. The van der Waals surface area contributed by atoms with E-state index in [0.29, 0.717) is 18.1 Å². The zero-order valence-corrected chi connectivity index (χ0v) is 11.9. The fourth-order valence-corrected chi connectivity index (χ4v) is 2.04. The van der Waals surface area contributed by atoms with Gasteiger partial charge in [-0.25, -0.2) is 0 Å². The number of halogens is 1. The van der Waals surface area contributed by atoms with Gasteiger partial charge in [0.15, 0.2) is 0 Å². The molecule has 0 aromatic heterocycles. The summed E-state index contributed by atoms with van der Waals surface area (Å²) in [6.07, 6.45) is 0. The molecule has 4 nitrogen and oxygen atoms in total. The highest BCUT2D eigenvalue weighted by atomic mass is 35.5. The van der Waals surface area contributed by atoms with Crippen molar-refractivity contribution in [3.8, 4) is 0 Å². The largest absolute Gasteiger partial charge is 0.309 e. The first-order chi connectivity index (χ1) is 9.56. The van der Waals surface area contributed by atoms with Crippen LogP contribution in [-0.2, 0) is 13.1 Å². The minimum absolute atomic E-state index is 0.0570. The van der Waals surface area contributed by atoms with Crippen molar-refractivity contribution in [3.05, 3.63) is 74.3 Å². The van der Waals surface area contributed by atoms with E-state index in [9.17, 15) is 10.1 Å². The summed E-state index contributed by atoms with van der Waals surface area (Å²) in [7, 11) is 0. The van der Waals surface area contributed by atoms with Crippen LogP contribution in [0, 0.1) is 17.0 Å². The van der Waals surface area contributed by atoms with Gasteiger partial charge in [-0.15, -0.1) is 0 Å². The van der Waals surface area contributed by atoms with Crippen LogP contribution in [0.4, 0.5) is 5.69 Å². The van der Waals surface area contributed by atoms with Gasteiger partial charge in [-0.2, -0.15) is 0 Å². The van der Waals surface area contributed by atoms with E-state index in [1.165, 1.54) is 17.7 Å². The predicted octanol–water partition coefficient (Wildman–Crippen LogP) is 3.85. The quantitative estimate of drug-likeness (QED) is 0.672. The lowest BCUT2D eigenvalue weighted by molar-refractivity contribution is -0.384. The van der Waals surface area contributed by atoms with E-state index in [2.05, 4.69) is 29.6 Å². The molecule has 0 bridgehead atoms. The predicted molar refractivity (Wildman–Crippen MR) is 79.8 cm³/mol. The molecule has 0 aliphatic carbocycles. The van der Waals surface area contributed by atoms with Crippen molar-refractivity contribution >= 4 is 17.3 Å². The Bertz CT molecular complexity index is 612. The number of nitrogens with one attached hydrogen (secondary N) is 1. The maximum atomic E-state index is 10.7. The molecule has 0 fully saturated rings. The second kappa shape index (κ2) is 6.50. The molecule has 0 heterocycles. The highest BCUT2D eigenvalue weighted by Crippen LogP contribution is 2.21. The van der Waals surface area contributed by atoms with Gasteiger partial charge in [-0.05, 0) is 24.1 Å². The average Bonchev–Trinajstić information content (AvgIpc) is 2.43. The van der Waals surface area contributed by atoms with Gasteiger partial charge >= 0.3 is 0 Å². The van der Waals surface area contributed by atoms with Gasteiger partial charge in [0.2, 0.25) is 0 Å². The standard InChI is InChI=1S/C15H15ClN2O2/c1-11-2-4-12(5-3-11)9-17-10-13-8-14(18(19)20)6-7-15(13)16/h2-8,17H,9-10H2,1H3. The van der Waals surface area contributed by atoms with Crippen LogP contribution in [0.25, 0.3) is 0 Å². The monoisotopic (exact) mass is 290 g/mol. The summed E-state index contributed by atoms with van der Waals surface area (Å²) < 4.78 is 0. The van der Waals surface area contributed by atoms with E-state index in [1.54, 1.807) is 6.07 Å². The third-order valence-electron chi connectivity index (χ3n) is 3.01. The number of non-ortho nitro benzene ring substituents is 1. The van der Waals surface area contributed by atoms with Gasteiger partial charge < -0.3 is 5.32 Å². The van der Waals surface area contributed by atoms with Crippen molar-refractivity contribution in [2.75, 3.05) is 0 Å². The molecule has 0 atom stereocenters. The number of nitrogens with zero attached hydrogens (tertiary/aromatic N) is 1. The van der Waals surface area contributed by atoms with Gasteiger partial charge in [0.1, 0.15) is 0 Å². The molecular formula is C15H15ClN2O2. The summed E-state index contributed by atoms with van der Waals surface area (Å²) in [5.41, 5.74) is 3.17. The van der Waals surface area contributed by atoms with Crippen molar-refractivity contribution in [3.63, 3.8) is 0 Å². The molecule has 0 aliphatic heterocycles. The Labute approximate surface area is 122 Å². The fourth-order valence-electron chi connectivity index (χ4n) is 1.86. The molecule has 1 N–H and O–H groups in total. The number of hydrogen-bond donors (Lipinski definition) is 1. The van der Waals surface area contributed by atoms with Gasteiger partial charge in [-0.1, -0.05) is 41.4 Å². The minimum Gasteiger partial charge on any atom is -0.309 e. The molecule has 0 saturated heterocycles. The Morgan fingerprint density at radius 1 is 1.15 bits per heavy atom. The van der Waals surface area contributed by atoms with Crippen LogP contribution in [0.2, 0.25) is 5.02 Å². The number of nitro benzene ring substituents is 1. The molecule has 0 amide bonds. The second-order valence-corrected chi connectivity index (χ2v) is 5.03. The Morgan fingerprint density at radius 3 is 2.50 bits per heavy atom. The van der Waals surface area contributed by atoms with Gasteiger partial charge in [0.05, 0.1) is 4.92 Å². The molecule has 0 spiro atoms. The Hall–Kier alpha value is -1.91. The van der Waals surface area contributed by atoms with Gasteiger partial charge in [0.25, 0.3) is 5.69 Å². The number of nitro groups is 1. The number of hydrogen-bond acceptors (Lipinski definition) is 3. The average molecular weight is 291 g/mol. The first kappa shape index (κ1) is 14.5. The fraction of sp³-hybridized carbons (Fsp3) is 0.200. The van der Waals surface area contributed by atoms with Crippen LogP contribution in [-0.4, -0.2) is 4.92 Å². The van der Waals surface area contributed by atoms with E-state index in [1.807, 2.05) is 6.92 Å². The first-order valence-electron chi connectivity index (χ1n) is 6.25. The van der Waals surface area contributed by atoms with Crippen molar-refractivity contribution in [2.24, 2.45) is 0 Å². The van der Waals surface area contributed by atoms with E-state index >= 15 is 0 Å². The first-order valence-corrected chi connectivity index (χ1v) is 6.63. The molecule has 5 heteroatoms. The lowest BCUT2D eigenvalue weighted by atomic mass is 10.1. The molecule has 0 unspecified atom stereocenters. The van der Waals surface area contributed by atoms with Crippen LogP contribution in [0.1, 0.15) is 16.7 Å². The minimum atomic E-state index is -0.417. The second-order valence-electron chi connectivity index (χ2n) is 4.62. The van der Waals surface area contributed by atoms with Crippen molar-refractivity contribution in [1.29, 1.82) is 0 Å². The number of aryl methyl sites for hydroxylation is 1. The molecule has 0 radical (unpaired) electrons. The highest BCUT2D eigenvalue weighted by molar-refractivity contribution is 6.31. The highest BCUT2D eigenvalue weighted by Gasteiger charge is 2.09. The van der Waals surface area contributed by atoms with Crippen molar-refractivity contribution in [2.45, 2.75) is 20.0 Å².